The highest BCUT2D eigenvalue weighted by Gasteiger charge is 2.60. The molecule has 0 saturated carbocycles. The largest absolute Gasteiger partial charge is 0.608 e. The molecule has 2 aliphatic rings. The molecule has 1 fully saturated rings. The van der Waals surface area contributed by atoms with Gasteiger partial charge in [-0.25, -0.2) is 8.98 Å². The van der Waals surface area contributed by atoms with Gasteiger partial charge in [0.1, 0.15) is 0 Å². The first kappa shape index (κ1) is 18.1. The molecule has 0 bridgehead atoms. The van der Waals surface area contributed by atoms with Crippen LogP contribution in [0.15, 0.2) is 10.6 Å². The van der Waals surface area contributed by atoms with Crippen LogP contribution in [0.5, 0.6) is 0 Å². The highest BCUT2D eigenvalue weighted by atomic mass is 32.3. The van der Waals surface area contributed by atoms with Crippen molar-refractivity contribution in [2.45, 2.75) is 31.1 Å². The second-order valence-corrected chi connectivity index (χ2v) is 7.49. The van der Waals surface area contributed by atoms with Crippen LogP contribution in [-0.4, -0.2) is 67.4 Å². The minimum absolute atomic E-state index is 0.249. The van der Waals surface area contributed by atoms with E-state index in [1.807, 2.05) is 0 Å². The molecule has 0 aromatic rings. The van der Waals surface area contributed by atoms with Gasteiger partial charge in [-0.15, -0.1) is 0 Å². The molecule has 13 heteroatoms. The van der Waals surface area contributed by atoms with Crippen molar-refractivity contribution in [3.8, 4) is 0 Å². The fourth-order valence-corrected chi connectivity index (χ4v) is 4.24. The maximum absolute atomic E-state index is 12.1. The third-order valence-corrected chi connectivity index (χ3v) is 5.36. The Hall–Kier alpha value is -1.22. The van der Waals surface area contributed by atoms with Gasteiger partial charge in [-0.3, -0.25) is 14.2 Å². The van der Waals surface area contributed by atoms with Gasteiger partial charge in [-0.2, -0.15) is 8.42 Å². The number of carbonyl (C=O) groups is 2. The number of aliphatic hydroxyl groups excluding tert-OH is 1. The molecule has 4 atom stereocenters. The van der Waals surface area contributed by atoms with Gasteiger partial charge in [0.2, 0.25) is 5.91 Å². The molecule has 0 spiro atoms. The summed E-state index contributed by atoms with van der Waals surface area (Å²) in [5, 5.41) is 27.1. The van der Waals surface area contributed by atoms with Gasteiger partial charge in [0, 0.05) is 17.6 Å². The van der Waals surface area contributed by atoms with Gasteiger partial charge in [0.15, 0.2) is 10.6 Å². The summed E-state index contributed by atoms with van der Waals surface area (Å²) in [6, 6.07) is -0.858. The van der Waals surface area contributed by atoms with Crippen molar-refractivity contribution in [1.82, 2.24) is 4.90 Å². The van der Waals surface area contributed by atoms with Crippen molar-refractivity contribution in [2.24, 2.45) is 5.92 Å². The molecule has 1 saturated heterocycles. The molecule has 1 amide bonds. The van der Waals surface area contributed by atoms with E-state index in [4.69, 9.17) is 19.9 Å². The Bertz CT molecular complexity index is 671. The van der Waals surface area contributed by atoms with Crippen molar-refractivity contribution >= 4 is 33.5 Å². The molecule has 4 N–H and O–H groups in total. The first-order valence-corrected chi connectivity index (χ1v) is 8.75. The van der Waals surface area contributed by atoms with Gasteiger partial charge < -0.3 is 19.9 Å². The lowest BCUT2D eigenvalue weighted by Gasteiger charge is -2.44. The number of fused-ring (bicyclic) bond motifs is 1. The average Bonchev–Trinajstić information content (AvgIpc) is 2.70. The molecule has 0 aliphatic carbocycles. The van der Waals surface area contributed by atoms with E-state index in [1.165, 1.54) is 6.92 Å². The minimum Gasteiger partial charge on any atom is -0.608 e. The van der Waals surface area contributed by atoms with E-state index >= 15 is 0 Å². The molecule has 0 aromatic heterocycles. The molecule has 23 heavy (non-hydrogen) atoms. The number of carboxylic acids is 1. The number of β-lactam (4-membered cyclic amide) rings is 1. The van der Waals surface area contributed by atoms with E-state index in [2.05, 4.69) is 4.18 Å². The predicted molar refractivity (Wildman–Crippen MR) is 71.9 cm³/mol. The Kier molecular flexibility index (Phi) is 4.74. The molecule has 0 aromatic carbocycles. The molecule has 2 heterocycles. The van der Waals surface area contributed by atoms with Crippen LogP contribution in [0.1, 0.15) is 13.3 Å². The maximum Gasteiger partial charge on any atom is 0.397 e. The number of rotatable bonds is 6. The summed E-state index contributed by atoms with van der Waals surface area (Å²) in [6.45, 7) is 1.20. The Balaban J connectivity index is 2.28. The molecule has 130 valence electrons. The fourth-order valence-electron chi connectivity index (χ4n) is 2.77. The number of hydrogen-bond acceptors (Lipinski definition) is 8. The second kappa shape index (κ2) is 6.01. The summed E-state index contributed by atoms with van der Waals surface area (Å²) in [6.07, 6.45) is -1.53. The smallest absolute Gasteiger partial charge is 0.397 e. The van der Waals surface area contributed by atoms with Gasteiger partial charge in [-0.05, 0) is 6.92 Å². The summed E-state index contributed by atoms with van der Waals surface area (Å²) < 4.78 is 46.1. The third kappa shape index (κ3) is 3.21. The van der Waals surface area contributed by atoms with E-state index in [0.29, 0.717) is 0 Å². The van der Waals surface area contributed by atoms with Gasteiger partial charge in [0.05, 0.1) is 18.1 Å². The average molecular weight is 371 g/mol. The molecule has 11 nitrogen and oxygen atoms in total. The number of carbonyl (C=O) groups excluding carboxylic acids is 1. The number of aliphatic carboxylic acids is 1. The zero-order valence-electron chi connectivity index (χ0n) is 11.5. The standard InChI is InChI=1S/C10H13NO10S2/c1-3(21-23(18,19)20)6-4-2-5(22(17)10(15)16)7(9(13)14)11(4)8(6)12/h3-4,6,10,15-16H,2H2,1H3,(H,13,14)(H,18,19,20)/t3-,4+,6-,22?/m0/s1. The van der Waals surface area contributed by atoms with Crippen LogP contribution >= 0.6 is 0 Å². The Labute approximate surface area is 133 Å². The van der Waals surface area contributed by atoms with Crippen molar-refractivity contribution in [1.29, 1.82) is 0 Å². The van der Waals surface area contributed by atoms with Crippen molar-refractivity contribution in [3.63, 3.8) is 0 Å². The molecule has 2 rings (SSSR count). The summed E-state index contributed by atoms with van der Waals surface area (Å²) >= 11 is -2.45. The van der Waals surface area contributed by atoms with Crippen LogP contribution in [0, 0.1) is 5.92 Å². The molecule has 0 radical (unpaired) electrons. The highest BCUT2D eigenvalue weighted by Crippen LogP contribution is 2.46. The summed E-state index contributed by atoms with van der Waals surface area (Å²) in [7, 11) is -4.81. The summed E-state index contributed by atoms with van der Waals surface area (Å²) in [4.78, 5) is 23.8. The van der Waals surface area contributed by atoms with Crippen LogP contribution in [-0.2, 0) is 35.3 Å². The lowest BCUT2D eigenvalue weighted by molar-refractivity contribution is -0.160. The summed E-state index contributed by atoms with van der Waals surface area (Å²) in [5.74, 6) is -3.45. The summed E-state index contributed by atoms with van der Waals surface area (Å²) in [5.41, 5.74) is -2.94. The van der Waals surface area contributed by atoms with Crippen LogP contribution in [0.3, 0.4) is 0 Å². The Morgan fingerprint density at radius 3 is 2.48 bits per heavy atom. The third-order valence-electron chi connectivity index (χ3n) is 3.58. The van der Waals surface area contributed by atoms with Crippen molar-refractivity contribution in [2.75, 3.05) is 0 Å². The first-order chi connectivity index (χ1) is 10.5. The molecular weight excluding hydrogens is 358 g/mol. The minimum atomic E-state index is -4.81. The van der Waals surface area contributed by atoms with Crippen LogP contribution in [0.4, 0.5) is 0 Å². The van der Waals surface area contributed by atoms with Crippen molar-refractivity contribution < 1.29 is 46.6 Å². The van der Waals surface area contributed by atoms with E-state index in [-0.39, 0.29) is 11.3 Å². The normalized spacial score (nSPS) is 27.0. The number of hydrogen-bond donors (Lipinski definition) is 4. The lowest BCUT2D eigenvalue weighted by atomic mass is 9.83. The number of amides is 1. The SMILES string of the molecule is C[C@H](OS(=O)(=O)O)[C@@H]1C(=O)N2C(C(=O)O)=C([S+]([O-])C(O)O)C[C@H]12. The van der Waals surface area contributed by atoms with E-state index in [1.54, 1.807) is 0 Å². The molecule has 1 unspecified atom stereocenters. The number of nitrogens with zero attached hydrogens (tertiary/aromatic N) is 1. The molecule has 2 aliphatic heterocycles. The molecular formula is C10H13NO10S2. The second-order valence-electron chi connectivity index (χ2n) is 4.94. The quantitative estimate of drug-likeness (QED) is 0.172. The van der Waals surface area contributed by atoms with Crippen LogP contribution in [0.2, 0.25) is 0 Å². The van der Waals surface area contributed by atoms with Crippen LogP contribution < -0.4 is 0 Å². The van der Waals surface area contributed by atoms with Crippen LogP contribution in [0.25, 0.3) is 0 Å². The highest BCUT2D eigenvalue weighted by molar-refractivity contribution is 7.95. The first-order valence-electron chi connectivity index (χ1n) is 6.17. The fraction of sp³-hybridized carbons (Fsp3) is 0.600. The number of carboxylic acid groups (broad SMARTS) is 1. The van der Waals surface area contributed by atoms with Gasteiger partial charge >= 0.3 is 22.0 Å². The number of aliphatic hydroxyl groups is 2. The zero-order chi connectivity index (χ0) is 17.7. The van der Waals surface area contributed by atoms with Gasteiger partial charge in [0.25, 0.3) is 0 Å². The lowest BCUT2D eigenvalue weighted by Crippen LogP contribution is -2.62. The predicted octanol–water partition coefficient (Wildman–Crippen LogP) is -2.26. The van der Waals surface area contributed by atoms with E-state index in [0.717, 1.165) is 4.90 Å². The topological polar surface area (TPSA) is 185 Å². The zero-order valence-corrected chi connectivity index (χ0v) is 13.2. The van der Waals surface area contributed by atoms with Gasteiger partial charge in [-0.1, -0.05) is 0 Å². The van der Waals surface area contributed by atoms with E-state index < -0.39 is 62.8 Å². The Morgan fingerprint density at radius 2 is 2.04 bits per heavy atom. The Morgan fingerprint density at radius 1 is 1.48 bits per heavy atom. The van der Waals surface area contributed by atoms with E-state index in [9.17, 15) is 22.6 Å². The van der Waals surface area contributed by atoms with Crippen molar-refractivity contribution in [3.05, 3.63) is 10.6 Å². The maximum atomic E-state index is 12.1. The monoisotopic (exact) mass is 371 g/mol.